The van der Waals surface area contributed by atoms with E-state index >= 15 is 0 Å². The highest BCUT2D eigenvalue weighted by molar-refractivity contribution is 7.90. The van der Waals surface area contributed by atoms with Gasteiger partial charge >= 0.3 is 0 Å². The van der Waals surface area contributed by atoms with Crippen molar-refractivity contribution in [3.8, 4) is 0 Å². The van der Waals surface area contributed by atoms with Crippen molar-refractivity contribution in [2.75, 3.05) is 31.8 Å². The first-order chi connectivity index (χ1) is 11.0. The SMILES string of the molecule is CS(=O)(=O)CC1(CNC2CC(c3ccccc3)C2)CCOCC1. The van der Waals surface area contributed by atoms with Crippen molar-refractivity contribution in [2.24, 2.45) is 5.41 Å². The van der Waals surface area contributed by atoms with Crippen LogP contribution in [0.25, 0.3) is 0 Å². The predicted molar refractivity (Wildman–Crippen MR) is 92.4 cm³/mol. The molecule has 2 aliphatic rings. The molecule has 1 heterocycles. The van der Waals surface area contributed by atoms with Crippen molar-refractivity contribution in [2.45, 2.75) is 37.6 Å². The second kappa shape index (κ2) is 6.91. The Labute approximate surface area is 139 Å². The summed E-state index contributed by atoms with van der Waals surface area (Å²) in [5.41, 5.74) is 1.27. The third-order valence-electron chi connectivity index (χ3n) is 5.30. The van der Waals surface area contributed by atoms with Gasteiger partial charge in [-0.25, -0.2) is 8.42 Å². The lowest BCUT2D eigenvalue weighted by Crippen LogP contribution is -2.49. The summed E-state index contributed by atoms with van der Waals surface area (Å²) in [5.74, 6) is 0.916. The Kier molecular flexibility index (Phi) is 5.09. The van der Waals surface area contributed by atoms with Gasteiger partial charge in [-0.3, -0.25) is 0 Å². The first-order valence-corrected chi connectivity index (χ1v) is 10.6. The largest absolute Gasteiger partial charge is 0.381 e. The number of rotatable bonds is 6. The Morgan fingerprint density at radius 1 is 1.17 bits per heavy atom. The molecule has 4 nitrogen and oxygen atoms in total. The van der Waals surface area contributed by atoms with Crippen LogP contribution in [0.1, 0.15) is 37.2 Å². The Hall–Kier alpha value is -0.910. The van der Waals surface area contributed by atoms with Gasteiger partial charge < -0.3 is 10.1 Å². The van der Waals surface area contributed by atoms with Crippen LogP contribution in [0, 0.1) is 5.41 Å². The summed E-state index contributed by atoms with van der Waals surface area (Å²) in [6.45, 7) is 2.14. The van der Waals surface area contributed by atoms with Gasteiger partial charge in [0, 0.05) is 37.5 Å². The van der Waals surface area contributed by atoms with Crippen molar-refractivity contribution in [3.63, 3.8) is 0 Å². The van der Waals surface area contributed by atoms with Crippen LogP contribution in [0.2, 0.25) is 0 Å². The molecule has 2 fully saturated rings. The van der Waals surface area contributed by atoms with Crippen LogP contribution in [-0.2, 0) is 14.6 Å². The summed E-state index contributed by atoms with van der Waals surface area (Å²) in [6.07, 6.45) is 5.31. The first-order valence-electron chi connectivity index (χ1n) is 8.50. The maximum Gasteiger partial charge on any atom is 0.148 e. The molecule has 5 heteroatoms. The van der Waals surface area contributed by atoms with Crippen LogP contribution in [0.5, 0.6) is 0 Å². The summed E-state index contributed by atoms with van der Waals surface area (Å²) in [4.78, 5) is 0. The standard InChI is InChI=1S/C18H27NO3S/c1-23(20,21)14-18(7-9-22-10-8-18)13-19-17-11-16(12-17)15-5-3-2-4-6-15/h2-6,16-17,19H,7-14H2,1H3. The van der Waals surface area contributed by atoms with Gasteiger partial charge in [0.15, 0.2) is 0 Å². The van der Waals surface area contributed by atoms with Crippen LogP contribution in [0.15, 0.2) is 30.3 Å². The average molecular weight is 337 g/mol. The van der Waals surface area contributed by atoms with Crippen molar-refractivity contribution in [1.29, 1.82) is 0 Å². The fraction of sp³-hybridized carbons (Fsp3) is 0.667. The van der Waals surface area contributed by atoms with E-state index in [9.17, 15) is 8.42 Å². The van der Waals surface area contributed by atoms with Crippen LogP contribution >= 0.6 is 0 Å². The van der Waals surface area contributed by atoms with Crippen LogP contribution in [0.3, 0.4) is 0 Å². The molecule has 128 valence electrons. The topological polar surface area (TPSA) is 55.4 Å². The zero-order valence-corrected chi connectivity index (χ0v) is 14.6. The van der Waals surface area contributed by atoms with E-state index in [-0.39, 0.29) is 11.2 Å². The molecule has 1 aromatic carbocycles. The molecule has 0 bridgehead atoms. The van der Waals surface area contributed by atoms with Gasteiger partial charge in [-0.2, -0.15) is 0 Å². The third-order valence-corrected chi connectivity index (χ3v) is 6.43. The molecule has 1 aliphatic heterocycles. The fourth-order valence-corrected chi connectivity index (χ4v) is 5.38. The normalized spacial score (nSPS) is 27.3. The molecule has 0 unspecified atom stereocenters. The summed E-state index contributed by atoms with van der Waals surface area (Å²) in [6, 6.07) is 11.2. The van der Waals surface area contributed by atoms with E-state index < -0.39 is 9.84 Å². The van der Waals surface area contributed by atoms with E-state index in [1.54, 1.807) is 0 Å². The van der Waals surface area contributed by atoms with Crippen molar-refractivity contribution in [1.82, 2.24) is 5.32 Å². The monoisotopic (exact) mass is 337 g/mol. The molecular weight excluding hydrogens is 310 g/mol. The van der Waals surface area contributed by atoms with Gasteiger partial charge in [-0.1, -0.05) is 30.3 Å². The second-order valence-electron chi connectivity index (χ2n) is 7.34. The number of nitrogens with one attached hydrogen (secondary N) is 1. The van der Waals surface area contributed by atoms with Crippen LogP contribution in [-0.4, -0.2) is 46.2 Å². The average Bonchev–Trinajstić information content (AvgIpc) is 2.46. The van der Waals surface area contributed by atoms with E-state index in [2.05, 4.69) is 35.6 Å². The zero-order valence-electron chi connectivity index (χ0n) is 13.8. The first kappa shape index (κ1) is 16.9. The van der Waals surface area contributed by atoms with Gasteiger partial charge in [-0.05, 0) is 37.2 Å². The van der Waals surface area contributed by atoms with E-state index in [4.69, 9.17) is 4.74 Å². The summed E-state index contributed by atoms with van der Waals surface area (Å²) in [5, 5.41) is 3.63. The van der Waals surface area contributed by atoms with Gasteiger partial charge in [0.2, 0.25) is 0 Å². The van der Waals surface area contributed by atoms with Gasteiger partial charge in [0.1, 0.15) is 9.84 Å². The number of ether oxygens (including phenoxy) is 1. The highest BCUT2D eigenvalue weighted by Crippen LogP contribution is 2.38. The third kappa shape index (κ3) is 4.55. The lowest BCUT2D eigenvalue weighted by Gasteiger charge is -2.42. The molecule has 1 aromatic rings. The Morgan fingerprint density at radius 2 is 1.83 bits per heavy atom. The summed E-state index contributed by atoms with van der Waals surface area (Å²) >= 11 is 0. The number of hydrogen-bond donors (Lipinski definition) is 1. The lowest BCUT2D eigenvalue weighted by atomic mass is 9.75. The number of benzene rings is 1. The summed E-state index contributed by atoms with van der Waals surface area (Å²) < 4.78 is 29.0. The maximum absolute atomic E-state index is 11.8. The molecule has 0 amide bonds. The van der Waals surface area contributed by atoms with E-state index in [0.29, 0.717) is 25.2 Å². The van der Waals surface area contributed by atoms with Gasteiger partial charge in [0.25, 0.3) is 0 Å². The Morgan fingerprint density at radius 3 is 2.43 bits per heavy atom. The lowest BCUT2D eigenvalue weighted by molar-refractivity contribution is 0.0227. The molecule has 1 saturated heterocycles. The zero-order chi connectivity index (χ0) is 16.3. The van der Waals surface area contributed by atoms with Crippen molar-refractivity contribution in [3.05, 3.63) is 35.9 Å². The minimum absolute atomic E-state index is 0.149. The highest BCUT2D eigenvalue weighted by Gasteiger charge is 2.38. The molecule has 1 aliphatic carbocycles. The molecule has 3 rings (SSSR count). The highest BCUT2D eigenvalue weighted by atomic mass is 32.2. The molecule has 0 atom stereocenters. The quantitative estimate of drug-likeness (QED) is 0.866. The van der Waals surface area contributed by atoms with Crippen molar-refractivity contribution >= 4 is 9.84 Å². The molecule has 1 N–H and O–H groups in total. The second-order valence-corrected chi connectivity index (χ2v) is 9.48. The molecule has 0 radical (unpaired) electrons. The molecule has 0 aromatic heterocycles. The van der Waals surface area contributed by atoms with Gasteiger partial charge in [0.05, 0.1) is 5.75 Å². The Bertz CT molecular complexity index is 602. The number of sulfone groups is 1. The van der Waals surface area contributed by atoms with Crippen molar-refractivity contribution < 1.29 is 13.2 Å². The molecule has 1 saturated carbocycles. The predicted octanol–water partition coefficient (Wildman–Crippen LogP) is 2.36. The fourth-order valence-electron chi connectivity index (χ4n) is 3.88. The van der Waals surface area contributed by atoms with Gasteiger partial charge in [-0.15, -0.1) is 0 Å². The minimum Gasteiger partial charge on any atom is -0.381 e. The van der Waals surface area contributed by atoms with Crippen LogP contribution < -0.4 is 5.32 Å². The molecule has 0 spiro atoms. The Balaban J connectivity index is 1.52. The number of hydrogen-bond acceptors (Lipinski definition) is 4. The molecule has 23 heavy (non-hydrogen) atoms. The summed E-state index contributed by atoms with van der Waals surface area (Å²) in [7, 11) is -2.97. The van der Waals surface area contributed by atoms with E-state index in [1.165, 1.54) is 11.8 Å². The van der Waals surface area contributed by atoms with E-state index in [1.807, 2.05) is 0 Å². The van der Waals surface area contributed by atoms with Crippen LogP contribution in [0.4, 0.5) is 0 Å². The maximum atomic E-state index is 11.8. The van der Waals surface area contributed by atoms with E-state index in [0.717, 1.165) is 32.2 Å². The molecular formula is C18H27NO3S. The smallest absolute Gasteiger partial charge is 0.148 e. The minimum atomic E-state index is -2.97.